The van der Waals surface area contributed by atoms with Gasteiger partial charge in [-0.1, -0.05) is 27.7 Å². The lowest BCUT2D eigenvalue weighted by molar-refractivity contribution is -0.140. The lowest BCUT2D eigenvalue weighted by Gasteiger charge is -2.15. The number of carbonyl (C=O) groups is 2. The Labute approximate surface area is 91.2 Å². The fourth-order valence-corrected chi connectivity index (χ4v) is 1.80. The number of carbonyl (C=O) groups excluding carboxylic acids is 2. The summed E-state index contributed by atoms with van der Waals surface area (Å²) in [4.78, 5) is 23.3. The van der Waals surface area contributed by atoms with E-state index >= 15 is 0 Å². The summed E-state index contributed by atoms with van der Waals surface area (Å²) in [5.41, 5.74) is 0. The van der Waals surface area contributed by atoms with Crippen LogP contribution in [-0.4, -0.2) is 23.8 Å². The molecule has 1 aliphatic heterocycles. The molecule has 2 unspecified atom stereocenters. The standard InChI is InChI=1S/C12H20O3/c1-7(2)11(13)9-5-6-10(15-9)12(14)8(3)4/h7-10H,5-6H2,1-4H3. The van der Waals surface area contributed by atoms with Gasteiger partial charge < -0.3 is 4.74 Å². The Bertz CT molecular complexity index is 230. The molecule has 3 heteroatoms. The first-order valence-corrected chi connectivity index (χ1v) is 5.66. The van der Waals surface area contributed by atoms with Gasteiger partial charge in [0.15, 0.2) is 11.6 Å². The van der Waals surface area contributed by atoms with Crippen molar-refractivity contribution in [2.24, 2.45) is 11.8 Å². The fourth-order valence-electron chi connectivity index (χ4n) is 1.80. The van der Waals surface area contributed by atoms with Crippen molar-refractivity contribution in [3.05, 3.63) is 0 Å². The molecule has 0 aromatic carbocycles. The minimum Gasteiger partial charge on any atom is -0.359 e. The molecule has 0 aliphatic carbocycles. The monoisotopic (exact) mass is 212 g/mol. The molecule has 15 heavy (non-hydrogen) atoms. The number of hydrogen-bond donors (Lipinski definition) is 0. The van der Waals surface area contributed by atoms with Crippen LogP contribution in [0.4, 0.5) is 0 Å². The lowest BCUT2D eigenvalue weighted by Crippen LogP contribution is -2.30. The van der Waals surface area contributed by atoms with Gasteiger partial charge in [-0.3, -0.25) is 9.59 Å². The van der Waals surface area contributed by atoms with Gasteiger partial charge in [0.2, 0.25) is 0 Å². The van der Waals surface area contributed by atoms with Gasteiger partial charge in [0.25, 0.3) is 0 Å². The van der Waals surface area contributed by atoms with Crippen LogP contribution in [0.5, 0.6) is 0 Å². The summed E-state index contributed by atoms with van der Waals surface area (Å²) >= 11 is 0. The first-order valence-electron chi connectivity index (χ1n) is 5.66. The van der Waals surface area contributed by atoms with Crippen LogP contribution in [0.15, 0.2) is 0 Å². The second-order valence-electron chi connectivity index (χ2n) is 4.80. The van der Waals surface area contributed by atoms with Crippen LogP contribution in [0.1, 0.15) is 40.5 Å². The van der Waals surface area contributed by atoms with Crippen molar-refractivity contribution in [3.8, 4) is 0 Å². The van der Waals surface area contributed by atoms with Crippen LogP contribution in [-0.2, 0) is 14.3 Å². The van der Waals surface area contributed by atoms with Crippen LogP contribution in [0, 0.1) is 11.8 Å². The number of rotatable bonds is 4. The molecule has 1 saturated heterocycles. The summed E-state index contributed by atoms with van der Waals surface area (Å²) in [7, 11) is 0. The molecule has 0 N–H and O–H groups in total. The van der Waals surface area contributed by atoms with Gasteiger partial charge in [-0.05, 0) is 12.8 Å². The van der Waals surface area contributed by atoms with Gasteiger partial charge in [0, 0.05) is 11.8 Å². The van der Waals surface area contributed by atoms with Crippen molar-refractivity contribution < 1.29 is 14.3 Å². The Kier molecular flexibility index (Phi) is 4.03. The Hall–Kier alpha value is -0.700. The van der Waals surface area contributed by atoms with Crippen LogP contribution in [0.2, 0.25) is 0 Å². The highest BCUT2D eigenvalue weighted by Gasteiger charge is 2.35. The Balaban J connectivity index is 2.53. The molecule has 0 aromatic heterocycles. The highest BCUT2D eigenvalue weighted by molar-refractivity contribution is 5.88. The SMILES string of the molecule is CC(C)C(=O)C1CCC(C(=O)C(C)C)O1. The zero-order valence-electron chi connectivity index (χ0n) is 9.95. The van der Waals surface area contributed by atoms with Crippen LogP contribution >= 0.6 is 0 Å². The Morgan fingerprint density at radius 3 is 1.53 bits per heavy atom. The molecule has 2 atom stereocenters. The maximum Gasteiger partial charge on any atom is 0.164 e. The van der Waals surface area contributed by atoms with Gasteiger partial charge >= 0.3 is 0 Å². The molecule has 0 bridgehead atoms. The average Bonchev–Trinajstić information content (AvgIpc) is 2.63. The summed E-state index contributed by atoms with van der Waals surface area (Å²) in [5, 5.41) is 0. The predicted octanol–water partition coefficient (Wildman–Crippen LogP) is 1.98. The van der Waals surface area contributed by atoms with E-state index in [-0.39, 0.29) is 35.6 Å². The predicted molar refractivity (Wildman–Crippen MR) is 57.6 cm³/mol. The molecule has 86 valence electrons. The second kappa shape index (κ2) is 4.88. The Morgan fingerprint density at radius 2 is 1.27 bits per heavy atom. The highest BCUT2D eigenvalue weighted by Crippen LogP contribution is 2.24. The highest BCUT2D eigenvalue weighted by atomic mass is 16.5. The molecule has 0 spiro atoms. The van der Waals surface area contributed by atoms with E-state index in [0.29, 0.717) is 12.8 Å². The summed E-state index contributed by atoms with van der Waals surface area (Å²) in [6.07, 6.45) is 0.690. The zero-order valence-corrected chi connectivity index (χ0v) is 9.95. The van der Waals surface area contributed by atoms with E-state index in [9.17, 15) is 9.59 Å². The van der Waals surface area contributed by atoms with Gasteiger partial charge in [-0.2, -0.15) is 0 Å². The molecule has 0 amide bonds. The van der Waals surface area contributed by atoms with Gasteiger partial charge in [-0.25, -0.2) is 0 Å². The lowest BCUT2D eigenvalue weighted by atomic mass is 9.99. The second-order valence-corrected chi connectivity index (χ2v) is 4.80. The number of ketones is 2. The van der Waals surface area contributed by atoms with Crippen molar-refractivity contribution in [2.45, 2.75) is 52.7 Å². The molecular weight excluding hydrogens is 192 g/mol. The van der Waals surface area contributed by atoms with Gasteiger partial charge in [0.1, 0.15) is 12.2 Å². The first-order chi connectivity index (χ1) is 6.93. The van der Waals surface area contributed by atoms with Crippen molar-refractivity contribution in [3.63, 3.8) is 0 Å². The van der Waals surface area contributed by atoms with E-state index in [1.165, 1.54) is 0 Å². The molecule has 1 fully saturated rings. The third kappa shape index (κ3) is 2.88. The number of ether oxygens (including phenoxy) is 1. The minimum atomic E-state index is -0.349. The first kappa shape index (κ1) is 12.4. The van der Waals surface area contributed by atoms with E-state index in [2.05, 4.69) is 0 Å². The average molecular weight is 212 g/mol. The van der Waals surface area contributed by atoms with Crippen molar-refractivity contribution in [2.75, 3.05) is 0 Å². The van der Waals surface area contributed by atoms with Gasteiger partial charge in [-0.15, -0.1) is 0 Å². The minimum absolute atomic E-state index is 0.0112. The topological polar surface area (TPSA) is 43.4 Å². The van der Waals surface area contributed by atoms with Crippen molar-refractivity contribution in [1.29, 1.82) is 0 Å². The molecule has 1 aliphatic rings. The van der Waals surface area contributed by atoms with Crippen LogP contribution in [0.3, 0.4) is 0 Å². The Morgan fingerprint density at radius 1 is 0.933 bits per heavy atom. The number of hydrogen-bond acceptors (Lipinski definition) is 3. The van der Waals surface area contributed by atoms with E-state index in [1.807, 2.05) is 27.7 Å². The molecule has 0 saturated carbocycles. The third-order valence-corrected chi connectivity index (χ3v) is 2.79. The molecule has 0 radical (unpaired) electrons. The number of Topliss-reactive ketones (excluding diaryl/α,β-unsaturated/α-hetero) is 2. The third-order valence-electron chi connectivity index (χ3n) is 2.79. The van der Waals surface area contributed by atoms with Crippen molar-refractivity contribution >= 4 is 11.6 Å². The van der Waals surface area contributed by atoms with Crippen molar-refractivity contribution in [1.82, 2.24) is 0 Å². The quantitative estimate of drug-likeness (QED) is 0.715. The molecule has 0 aromatic rings. The maximum absolute atomic E-state index is 11.6. The smallest absolute Gasteiger partial charge is 0.164 e. The van der Waals surface area contributed by atoms with E-state index in [1.54, 1.807) is 0 Å². The summed E-state index contributed by atoms with van der Waals surface area (Å²) in [6, 6.07) is 0. The summed E-state index contributed by atoms with van der Waals surface area (Å²) < 4.78 is 5.51. The van der Waals surface area contributed by atoms with E-state index < -0.39 is 0 Å². The largest absolute Gasteiger partial charge is 0.359 e. The molecule has 3 nitrogen and oxygen atoms in total. The molecule has 1 heterocycles. The van der Waals surface area contributed by atoms with E-state index in [0.717, 1.165) is 0 Å². The normalized spacial score (nSPS) is 26.3. The van der Waals surface area contributed by atoms with Gasteiger partial charge in [0.05, 0.1) is 0 Å². The maximum atomic E-state index is 11.6. The zero-order chi connectivity index (χ0) is 11.6. The summed E-state index contributed by atoms with van der Waals surface area (Å²) in [6.45, 7) is 7.46. The van der Waals surface area contributed by atoms with Crippen LogP contribution in [0.25, 0.3) is 0 Å². The fraction of sp³-hybridized carbons (Fsp3) is 0.833. The van der Waals surface area contributed by atoms with E-state index in [4.69, 9.17) is 4.74 Å². The molecular formula is C12H20O3. The van der Waals surface area contributed by atoms with Crippen LogP contribution < -0.4 is 0 Å². The molecule has 1 rings (SSSR count). The summed E-state index contributed by atoms with van der Waals surface area (Å²) in [5.74, 6) is 0.217.